The van der Waals surface area contributed by atoms with Gasteiger partial charge in [0.25, 0.3) is 0 Å². The maximum atomic E-state index is 14.0. The van der Waals surface area contributed by atoms with Gasteiger partial charge in [-0.1, -0.05) is 48.5 Å². The number of benzene rings is 2. The molecule has 0 radical (unpaired) electrons. The number of hydrogen-bond donors (Lipinski definition) is 1. The molecule has 0 bridgehead atoms. The van der Waals surface area contributed by atoms with E-state index in [9.17, 15) is 9.59 Å². The first-order valence-electron chi connectivity index (χ1n) is 11.7. The Kier molecular flexibility index (Phi) is 5.58. The third-order valence-electron chi connectivity index (χ3n) is 6.72. The number of para-hydroxylation sites is 2. The lowest BCUT2D eigenvalue weighted by molar-refractivity contribution is -0.118. The number of nitrogens with one attached hydrogen (secondary N) is 1. The Balaban J connectivity index is 1.53. The van der Waals surface area contributed by atoms with Gasteiger partial charge in [-0.15, -0.1) is 11.3 Å². The predicted molar refractivity (Wildman–Crippen MR) is 137 cm³/mol. The molecule has 3 heterocycles. The van der Waals surface area contributed by atoms with Crippen LogP contribution in [0.15, 0.2) is 106 Å². The fourth-order valence-corrected chi connectivity index (χ4v) is 5.88. The van der Waals surface area contributed by atoms with Crippen molar-refractivity contribution in [2.75, 3.05) is 10.2 Å². The lowest BCUT2D eigenvalue weighted by Gasteiger charge is -2.34. The SMILES string of the molecule is O=C1C[C@H](c2ccco2)CC2=C1[C@H](c1ccccc1)N(C(=O)Cc1cccs1)c1ccccc1N2. The van der Waals surface area contributed by atoms with Crippen LogP contribution >= 0.6 is 11.3 Å². The van der Waals surface area contributed by atoms with Crippen molar-refractivity contribution in [3.63, 3.8) is 0 Å². The molecule has 0 saturated carbocycles. The van der Waals surface area contributed by atoms with E-state index in [1.54, 1.807) is 17.6 Å². The molecule has 2 aliphatic rings. The van der Waals surface area contributed by atoms with Gasteiger partial charge in [0.2, 0.25) is 5.91 Å². The molecule has 174 valence electrons. The number of Topliss-reactive ketones (excluding diaryl/α,β-unsaturated/α-hetero) is 1. The van der Waals surface area contributed by atoms with Crippen LogP contribution in [0.1, 0.15) is 41.0 Å². The number of fused-ring (bicyclic) bond motifs is 1. The van der Waals surface area contributed by atoms with Crippen molar-refractivity contribution >= 4 is 34.4 Å². The van der Waals surface area contributed by atoms with E-state index in [1.807, 2.05) is 89.1 Å². The molecule has 0 unspecified atom stereocenters. The van der Waals surface area contributed by atoms with Crippen molar-refractivity contribution in [1.82, 2.24) is 0 Å². The third kappa shape index (κ3) is 4.00. The number of carbonyl (C=O) groups is 2. The Labute approximate surface area is 207 Å². The Bertz CT molecular complexity index is 1390. The van der Waals surface area contributed by atoms with Gasteiger partial charge in [-0.25, -0.2) is 0 Å². The molecule has 1 aliphatic heterocycles. The normalized spacial score (nSPS) is 19.5. The van der Waals surface area contributed by atoms with E-state index in [2.05, 4.69) is 5.32 Å². The number of carbonyl (C=O) groups excluding carboxylic acids is 2. The van der Waals surface area contributed by atoms with Crippen LogP contribution in [0.3, 0.4) is 0 Å². The molecule has 2 atom stereocenters. The van der Waals surface area contributed by atoms with Crippen molar-refractivity contribution in [3.05, 3.63) is 118 Å². The minimum Gasteiger partial charge on any atom is -0.469 e. The van der Waals surface area contributed by atoms with E-state index in [1.165, 1.54) is 0 Å². The first-order valence-corrected chi connectivity index (χ1v) is 12.6. The largest absolute Gasteiger partial charge is 0.469 e. The molecule has 0 fully saturated rings. The molecular weight excluding hydrogens is 456 g/mol. The second kappa shape index (κ2) is 9.04. The van der Waals surface area contributed by atoms with Crippen LogP contribution in [0.2, 0.25) is 0 Å². The number of thiophene rings is 1. The van der Waals surface area contributed by atoms with E-state index in [-0.39, 0.29) is 24.0 Å². The average Bonchev–Trinajstić information content (AvgIpc) is 3.57. The lowest BCUT2D eigenvalue weighted by Crippen LogP contribution is -2.39. The van der Waals surface area contributed by atoms with E-state index in [4.69, 9.17) is 4.42 Å². The van der Waals surface area contributed by atoms with Crippen molar-refractivity contribution < 1.29 is 14.0 Å². The highest BCUT2D eigenvalue weighted by Gasteiger charge is 2.41. The second-order valence-electron chi connectivity index (χ2n) is 8.91. The molecule has 6 rings (SSSR count). The number of nitrogens with zero attached hydrogens (tertiary/aromatic N) is 1. The van der Waals surface area contributed by atoms with Crippen LogP contribution in [0.25, 0.3) is 0 Å². The van der Waals surface area contributed by atoms with Gasteiger partial charge in [0.05, 0.1) is 30.1 Å². The molecule has 1 amide bonds. The summed E-state index contributed by atoms with van der Waals surface area (Å²) in [4.78, 5) is 30.6. The number of ketones is 1. The number of anilines is 2. The van der Waals surface area contributed by atoms with Gasteiger partial charge in [-0.05, 0) is 47.7 Å². The van der Waals surface area contributed by atoms with Crippen LogP contribution < -0.4 is 10.2 Å². The number of furan rings is 1. The number of hydrogen-bond acceptors (Lipinski definition) is 5. The van der Waals surface area contributed by atoms with Gasteiger partial charge in [-0.3, -0.25) is 14.5 Å². The second-order valence-corrected chi connectivity index (χ2v) is 9.94. The summed E-state index contributed by atoms with van der Waals surface area (Å²) in [6, 6.07) is 24.9. The first kappa shape index (κ1) is 21.6. The summed E-state index contributed by atoms with van der Waals surface area (Å²) >= 11 is 1.57. The highest BCUT2D eigenvalue weighted by Crippen LogP contribution is 2.47. The highest BCUT2D eigenvalue weighted by molar-refractivity contribution is 7.10. The molecule has 0 spiro atoms. The summed E-state index contributed by atoms with van der Waals surface area (Å²) in [5.74, 6) is 0.771. The fourth-order valence-electron chi connectivity index (χ4n) is 5.19. The summed E-state index contributed by atoms with van der Waals surface area (Å²) in [7, 11) is 0. The molecule has 0 saturated heterocycles. The van der Waals surface area contributed by atoms with Crippen LogP contribution in [0.4, 0.5) is 11.4 Å². The summed E-state index contributed by atoms with van der Waals surface area (Å²) in [5, 5.41) is 5.53. The summed E-state index contributed by atoms with van der Waals surface area (Å²) in [6.45, 7) is 0. The Hall–Kier alpha value is -3.90. The summed E-state index contributed by atoms with van der Waals surface area (Å²) in [6.07, 6.45) is 2.91. The Morgan fingerprint density at radius 1 is 0.971 bits per heavy atom. The minimum atomic E-state index is -0.514. The summed E-state index contributed by atoms with van der Waals surface area (Å²) < 4.78 is 5.67. The highest BCUT2D eigenvalue weighted by atomic mass is 32.1. The monoisotopic (exact) mass is 480 g/mol. The molecule has 4 aromatic rings. The van der Waals surface area contributed by atoms with Crippen LogP contribution in [0.5, 0.6) is 0 Å². The fraction of sp³-hybridized carbons (Fsp3) is 0.172. The number of amides is 1. The molecule has 35 heavy (non-hydrogen) atoms. The van der Waals surface area contributed by atoms with Crippen LogP contribution in [-0.4, -0.2) is 11.7 Å². The molecule has 2 aromatic carbocycles. The minimum absolute atomic E-state index is 0.0368. The van der Waals surface area contributed by atoms with Gasteiger partial charge in [0.15, 0.2) is 5.78 Å². The smallest absolute Gasteiger partial charge is 0.233 e. The maximum Gasteiger partial charge on any atom is 0.233 e. The van der Waals surface area contributed by atoms with Crippen molar-refractivity contribution in [2.24, 2.45) is 0 Å². The lowest BCUT2D eigenvalue weighted by atomic mass is 9.80. The van der Waals surface area contributed by atoms with Crippen LogP contribution in [-0.2, 0) is 16.0 Å². The molecular formula is C29H24N2O3S. The molecule has 2 aromatic heterocycles. The standard InChI is InChI=1S/C29H24N2O3S/c32-25-17-20(26-13-6-14-34-26)16-23-28(25)29(19-8-2-1-3-9-19)31(24-12-5-4-11-22(24)30-23)27(33)18-21-10-7-15-35-21/h1-15,20,29-30H,16-18H2/t20-,29+/m1/s1. The van der Waals surface area contributed by atoms with E-state index < -0.39 is 6.04 Å². The Morgan fingerprint density at radius 3 is 2.57 bits per heavy atom. The van der Waals surface area contributed by atoms with Crippen LogP contribution in [0, 0.1) is 0 Å². The quantitative estimate of drug-likeness (QED) is 0.363. The summed E-state index contributed by atoms with van der Waals surface area (Å²) in [5.41, 5.74) is 4.04. The molecule has 6 heteroatoms. The average molecular weight is 481 g/mol. The van der Waals surface area contributed by atoms with Gasteiger partial charge in [0.1, 0.15) is 5.76 Å². The first-order chi connectivity index (χ1) is 17.2. The third-order valence-corrected chi connectivity index (χ3v) is 7.60. The maximum absolute atomic E-state index is 14.0. The zero-order chi connectivity index (χ0) is 23.8. The molecule has 5 nitrogen and oxygen atoms in total. The number of allylic oxidation sites excluding steroid dienone is 1. The zero-order valence-electron chi connectivity index (χ0n) is 19.0. The zero-order valence-corrected chi connectivity index (χ0v) is 19.8. The van der Waals surface area contributed by atoms with E-state index in [0.717, 1.165) is 33.3 Å². The molecule has 1 N–H and O–H groups in total. The van der Waals surface area contributed by atoms with Crippen molar-refractivity contribution in [2.45, 2.75) is 31.2 Å². The van der Waals surface area contributed by atoms with Gasteiger partial charge in [-0.2, -0.15) is 0 Å². The van der Waals surface area contributed by atoms with E-state index >= 15 is 0 Å². The topological polar surface area (TPSA) is 62.6 Å². The van der Waals surface area contributed by atoms with Crippen molar-refractivity contribution in [3.8, 4) is 0 Å². The Morgan fingerprint density at radius 2 is 1.80 bits per heavy atom. The van der Waals surface area contributed by atoms with Gasteiger partial charge in [0, 0.05) is 28.5 Å². The van der Waals surface area contributed by atoms with Crippen molar-refractivity contribution in [1.29, 1.82) is 0 Å². The van der Waals surface area contributed by atoms with E-state index in [0.29, 0.717) is 18.4 Å². The van der Waals surface area contributed by atoms with Gasteiger partial charge >= 0.3 is 0 Å². The molecule has 1 aliphatic carbocycles. The predicted octanol–water partition coefficient (Wildman–Crippen LogP) is 6.48. The number of rotatable bonds is 4. The van der Waals surface area contributed by atoms with Gasteiger partial charge < -0.3 is 9.73 Å².